The third-order valence-corrected chi connectivity index (χ3v) is 9.73. The summed E-state index contributed by atoms with van der Waals surface area (Å²) in [5.74, 6) is 1.30. The highest BCUT2D eigenvalue weighted by Gasteiger charge is 2.38. The average molecular weight is 635 g/mol. The number of nitrogen functional groups attached to an aromatic ring is 1. The Balaban J connectivity index is 1.25. The van der Waals surface area contributed by atoms with Crippen molar-refractivity contribution >= 4 is 40.4 Å². The van der Waals surface area contributed by atoms with E-state index in [0.29, 0.717) is 24.7 Å². The number of rotatable bonds is 6. The van der Waals surface area contributed by atoms with E-state index in [1.165, 1.54) is 5.56 Å². The third-order valence-electron chi connectivity index (χ3n) is 9.37. The van der Waals surface area contributed by atoms with Crippen LogP contribution in [-0.2, 0) is 10.3 Å². The van der Waals surface area contributed by atoms with Crippen LogP contribution in [0.1, 0.15) is 45.6 Å². The lowest BCUT2D eigenvalue weighted by Gasteiger charge is -2.41. The number of halogens is 1. The first-order valence-corrected chi connectivity index (χ1v) is 16.3. The van der Waals surface area contributed by atoms with Gasteiger partial charge in [-0.25, -0.2) is 19.8 Å². The maximum Gasteiger partial charge on any atom is 0.228 e. The molecule has 236 valence electrons. The zero-order valence-corrected chi connectivity index (χ0v) is 27.3. The van der Waals surface area contributed by atoms with Crippen LogP contribution >= 0.6 is 11.8 Å². The van der Waals surface area contributed by atoms with E-state index in [2.05, 4.69) is 67.8 Å². The van der Waals surface area contributed by atoms with Gasteiger partial charge < -0.3 is 15.5 Å². The van der Waals surface area contributed by atoms with Crippen LogP contribution in [0.15, 0.2) is 79.0 Å². The van der Waals surface area contributed by atoms with Gasteiger partial charge >= 0.3 is 0 Å². The molecule has 10 heteroatoms. The fraction of sp³-hybridized carbons (Fsp3) is 0.333. The maximum absolute atomic E-state index is 12.8. The summed E-state index contributed by atoms with van der Waals surface area (Å²) in [4.78, 5) is 34.7. The van der Waals surface area contributed by atoms with Gasteiger partial charge in [-0.3, -0.25) is 9.36 Å². The van der Waals surface area contributed by atoms with Gasteiger partial charge in [-0.15, -0.1) is 0 Å². The minimum atomic E-state index is -0.371. The lowest BCUT2D eigenvalue weighted by Crippen LogP contribution is -2.51. The van der Waals surface area contributed by atoms with Crippen molar-refractivity contribution in [3.63, 3.8) is 0 Å². The summed E-state index contributed by atoms with van der Waals surface area (Å²) in [6.45, 7) is 8.94. The Labute approximate surface area is 274 Å². The van der Waals surface area contributed by atoms with E-state index < -0.39 is 0 Å². The molecule has 9 nitrogen and oxygen atoms in total. The summed E-state index contributed by atoms with van der Waals surface area (Å²) in [5, 5.41) is 0. The molecule has 5 aromatic rings. The van der Waals surface area contributed by atoms with Gasteiger partial charge in [-0.2, -0.15) is 0 Å². The number of carbonyl (C=O) groups excluding carboxylic acids is 1. The molecule has 1 saturated heterocycles. The van der Waals surface area contributed by atoms with E-state index in [0.717, 1.165) is 71.7 Å². The minimum absolute atomic E-state index is 0.182. The molecule has 3 N–H and O–H groups in total. The highest BCUT2D eigenvalue weighted by atomic mass is 35.5. The van der Waals surface area contributed by atoms with E-state index in [9.17, 15) is 4.79 Å². The summed E-state index contributed by atoms with van der Waals surface area (Å²) in [6.07, 6.45) is 4.86. The number of carbonyl (C=O) groups is 1. The minimum Gasteiger partial charge on any atom is -0.383 e. The Bertz CT molecular complexity index is 1890. The van der Waals surface area contributed by atoms with Gasteiger partial charge in [-0.05, 0) is 85.1 Å². The van der Waals surface area contributed by atoms with Crippen molar-refractivity contribution in [1.82, 2.24) is 29.3 Å². The summed E-state index contributed by atoms with van der Waals surface area (Å²) in [5.41, 5.74) is 13.1. The highest BCUT2D eigenvalue weighted by molar-refractivity contribution is 6.14. The van der Waals surface area contributed by atoms with E-state index >= 15 is 0 Å². The van der Waals surface area contributed by atoms with Gasteiger partial charge in [0.2, 0.25) is 5.91 Å². The number of benzene rings is 2. The fourth-order valence-electron chi connectivity index (χ4n) is 6.55. The quantitative estimate of drug-likeness (QED) is 0.204. The van der Waals surface area contributed by atoms with Crippen LogP contribution < -0.4 is 15.5 Å². The number of hydrogen-bond acceptors (Lipinski definition) is 7. The van der Waals surface area contributed by atoms with E-state index in [-0.39, 0.29) is 16.9 Å². The van der Waals surface area contributed by atoms with E-state index in [4.69, 9.17) is 27.5 Å². The third kappa shape index (κ3) is 5.37. The molecule has 46 heavy (non-hydrogen) atoms. The Hall–Kier alpha value is -4.47. The smallest absolute Gasteiger partial charge is 0.228 e. The molecule has 0 radical (unpaired) electrons. The zero-order valence-electron chi connectivity index (χ0n) is 26.5. The normalized spacial score (nSPS) is 16.4. The molecule has 0 unspecified atom stereocenters. The van der Waals surface area contributed by atoms with Crippen molar-refractivity contribution < 1.29 is 4.79 Å². The van der Waals surface area contributed by atoms with Gasteiger partial charge in [0.15, 0.2) is 11.5 Å². The molecule has 1 amide bonds. The molecule has 3 aromatic heterocycles. The van der Waals surface area contributed by atoms with Crippen LogP contribution in [0, 0.1) is 5.41 Å². The maximum atomic E-state index is 12.8. The number of hydrogen-bond donors (Lipinski definition) is 2. The number of pyridine rings is 2. The second-order valence-electron chi connectivity index (χ2n) is 13.4. The standard InChI is InChI=1S/C36H39ClN8O/c1-35(2,3)34(46)44-21-19-43(20-22-44)27-8-4-7-24(23-27)29-14-15-30-33(40-29)45(32(41-30)28-9-5-18-39-31(28)38)26-12-10-25(11-13-26)36(42-37)16-6-17-36/h4-5,7-15,18,23,42H,6,16-17,19-22H2,1-3H3,(H2,38,39). The first-order valence-electron chi connectivity index (χ1n) is 15.9. The van der Waals surface area contributed by atoms with Crippen LogP contribution in [0.3, 0.4) is 0 Å². The molecule has 0 bridgehead atoms. The number of nitrogens with two attached hydrogens (primary N) is 1. The molecule has 2 aliphatic rings. The van der Waals surface area contributed by atoms with Crippen LogP contribution in [0.2, 0.25) is 0 Å². The number of imidazole rings is 1. The monoisotopic (exact) mass is 634 g/mol. The zero-order chi connectivity index (χ0) is 32.1. The predicted molar refractivity (Wildman–Crippen MR) is 185 cm³/mol. The topological polar surface area (TPSA) is 105 Å². The van der Waals surface area contributed by atoms with Crippen LogP contribution in [0.25, 0.3) is 39.5 Å². The molecule has 0 spiro atoms. The molecular formula is C36H39ClN8O. The first-order chi connectivity index (χ1) is 22.2. The molecular weight excluding hydrogens is 596 g/mol. The molecule has 7 rings (SSSR count). The Morgan fingerprint density at radius 1 is 0.913 bits per heavy atom. The number of nitrogens with zero attached hydrogens (tertiary/aromatic N) is 6. The fourth-order valence-corrected chi connectivity index (χ4v) is 6.85. The first kappa shape index (κ1) is 30.2. The van der Waals surface area contributed by atoms with Gasteiger partial charge in [-0.1, -0.05) is 45.0 Å². The number of piperazine rings is 1. The number of fused-ring (bicyclic) bond motifs is 1. The van der Waals surface area contributed by atoms with Crippen molar-refractivity contribution in [2.24, 2.45) is 5.41 Å². The van der Waals surface area contributed by atoms with Crippen LogP contribution in [-0.4, -0.2) is 56.5 Å². The summed E-state index contributed by atoms with van der Waals surface area (Å²) in [7, 11) is 0. The lowest BCUT2D eigenvalue weighted by atomic mass is 9.73. The largest absolute Gasteiger partial charge is 0.383 e. The van der Waals surface area contributed by atoms with Crippen molar-refractivity contribution in [3.05, 3.63) is 84.6 Å². The lowest BCUT2D eigenvalue weighted by molar-refractivity contribution is -0.139. The van der Waals surface area contributed by atoms with Crippen LogP contribution in [0.5, 0.6) is 0 Å². The SMILES string of the molecule is CC(C)(C)C(=O)N1CCN(c2cccc(-c3ccc4nc(-c5cccnc5N)n(-c5ccc(C6(NCl)CCC6)cc5)c4n3)c2)CC1. The highest BCUT2D eigenvalue weighted by Crippen LogP contribution is 2.42. The average Bonchev–Trinajstić information content (AvgIpc) is 3.43. The molecule has 2 fully saturated rings. The van der Waals surface area contributed by atoms with Gasteiger partial charge in [0.05, 0.1) is 16.8 Å². The van der Waals surface area contributed by atoms with Crippen molar-refractivity contribution in [3.8, 4) is 28.3 Å². The predicted octanol–water partition coefficient (Wildman–Crippen LogP) is 6.55. The van der Waals surface area contributed by atoms with Crippen molar-refractivity contribution in [2.45, 2.75) is 45.6 Å². The number of amides is 1. The second-order valence-corrected chi connectivity index (χ2v) is 13.6. The van der Waals surface area contributed by atoms with Crippen molar-refractivity contribution in [2.75, 3.05) is 36.8 Å². The Kier molecular flexibility index (Phi) is 7.69. The van der Waals surface area contributed by atoms with E-state index in [1.807, 2.05) is 49.9 Å². The molecule has 1 aliphatic carbocycles. The van der Waals surface area contributed by atoms with Crippen molar-refractivity contribution in [1.29, 1.82) is 0 Å². The number of aromatic nitrogens is 4. The second kappa shape index (κ2) is 11.7. The molecule has 1 saturated carbocycles. The molecule has 0 atom stereocenters. The summed E-state index contributed by atoms with van der Waals surface area (Å²) >= 11 is 6.19. The van der Waals surface area contributed by atoms with Gasteiger partial charge in [0.25, 0.3) is 0 Å². The number of nitrogens with one attached hydrogen (secondary N) is 1. The molecule has 2 aromatic carbocycles. The number of anilines is 2. The Morgan fingerprint density at radius 3 is 2.33 bits per heavy atom. The van der Waals surface area contributed by atoms with Crippen LogP contribution in [0.4, 0.5) is 11.5 Å². The summed E-state index contributed by atoms with van der Waals surface area (Å²) in [6, 6.07) is 24.8. The summed E-state index contributed by atoms with van der Waals surface area (Å²) < 4.78 is 2.06. The van der Waals surface area contributed by atoms with Gasteiger partial charge in [0, 0.05) is 54.7 Å². The molecule has 1 aliphatic heterocycles. The Morgan fingerprint density at radius 2 is 1.67 bits per heavy atom. The van der Waals surface area contributed by atoms with E-state index in [1.54, 1.807) is 6.20 Å². The molecule has 4 heterocycles. The van der Waals surface area contributed by atoms with Gasteiger partial charge in [0.1, 0.15) is 11.3 Å².